The van der Waals surface area contributed by atoms with Gasteiger partial charge in [-0.05, 0) is 42.3 Å². The first kappa shape index (κ1) is 19.7. The second kappa shape index (κ2) is 8.66. The molecule has 0 spiro atoms. The molecular weight excluding hydrogens is 354 g/mol. The van der Waals surface area contributed by atoms with Crippen LogP contribution in [0.5, 0.6) is 5.75 Å². The number of sulfonamides is 1. The van der Waals surface area contributed by atoms with Gasteiger partial charge in [0.2, 0.25) is 15.9 Å². The molecule has 1 amide bonds. The third-order valence-electron chi connectivity index (χ3n) is 3.78. The Morgan fingerprint density at radius 1 is 1.23 bits per heavy atom. The Labute approximate surface area is 154 Å². The summed E-state index contributed by atoms with van der Waals surface area (Å²) in [6, 6.07) is 8.90. The Balaban J connectivity index is 2.07. The van der Waals surface area contributed by atoms with Crippen LogP contribution in [-0.4, -0.2) is 39.2 Å². The van der Waals surface area contributed by atoms with Crippen molar-refractivity contribution < 1.29 is 17.9 Å². The number of rotatable bonds is 8. The van der Waals surface area contributed by atoms with E-state index in [1.54, 1.807) is 36.7 Å². The molecule has 0 atom stereocenters. The summed E-state index contributed by atoms with van der Waals surface area (Å²) in [6.07, 6.45) is 4.45. The number of hydrogen-bond donors (Lipinski definition) is 1. The molecule has 7 nitrogen and oxygen atoms in total. The molecule has 1 aromatic carbocycles. The molecule has 26 heavy (non-hydrogen) atoms. The maximum absolute atomic E-state index is 12.2. The van der Waals surface area contributed by atoms with E-state index in [4.69, 9.17) is 4.74 Å². The molecule has 140 valence electrons. The standard InChI is InChI=1S/C18H23N3O4S/c1-14-4-5-17(25-2)16(12-14)21(26(3,23)24)11-8-18(22)20-13-15-6-9-19-10-7-15/h4-7,9-10,12H,8,11,13H2,1-3H3,(H,20,22). The molecule has 1 N–H and O–H groups in total. The molecule has 8 heteroatoms. The highest BCUT2D eigenvalue weighted by molar-refractivity contribution is 7.92. The van der Waals surface area contributed by atoms with Gasteiger partial charge in [0.05, 0.1) is 19.1 Å². The van der Waals surface area contributed by atoms with Gasteiger partial charge in [-0.1, -0.05) is 6.07 Å². The van der Waals surface area contributed by atoms with E-state index >= 15 is 0 Å². The van der Waals surface area contributed by atoms with Crippen LogP contribution in [0.25, 0.3) is 0 Å². The van der Waals surface area contributed by atoms with Crippen LogP contribution in [-0.2, 0) is 21.4 Å². The Kier molecular flexibility index (Phi) is 6.57. The number of hydrogen-bond acceptors (Lipinski definition) is 5. The van der Waals surface area contributed by atoms with Crippen molar-refractivity contribution in [3.8, 4) is 5.75 Å². The van der Waals surface area contributed by atoms with Crippen molar-refractivity contribution in [2.75, 3.05) is 24.2 Å². The number of ether oxygens (including phenoxy) is 1. The van der Waals surface area contributed by atoms with Crippen LogP contribution in [0.4, 0.5) is 5.69 Å². The van der Waals surface area contributed by atoms with E-state index in [1.165, 1.54) is 11.4 Å². The van der Waals surface area contributed by atoms with Crippen LogP contribution in [0.1, 0.15) is 17.5 Å². The minimum absolute atomic E-state index is 0.0286. The zero-order valence-corrected chi connectivity index (χ0v) is 15.9. The van der Waals surface area contributed by atoms with Gasteiger partial charge in [-0.2, -0.15) is 0 Å². The van der Waals surface area contributed by atoms with Crippen molar-refractivity contribution >= 4 is 21.6 Å². The van der Waals surface area contributed by atoms with Gasteiger partial charge in [-0.3, -0.25) is 14.1 Å². The monoisotopic (exact) mass is 377 g/mol. The van der Waals surface area contributed by atoms with E-state index < -0.39 is 10.0 Å². The first-order valence-corrected chi connectivity index (χ1v) is 9.94. The average Bonchev–Trinajstić information content (AvgIpc) is 2.60. The summed E-state index contributed by atoms with van der Waals surface area (Å²) in [5.74, 6) is 0.209. The largest absolute Gasteiger partial charge is 0.495 e. The number of benzene rings is 1. The van der Waals surface area contributed by atoms with Crippen molar-refractivity contribution in [2.24, 2.45) is 0 Å². The van der Waals surface area contributed by atoms with Gasteiger partial charge in [-0.25, -0.2) is 8.42 Å². The lowest BCUT2D eigenvalue weighted by atomic mass is 10.2. The number of nitrogens with one attached hydrogen (secondary N) is 1. The smallest absolute Gasteiger partial charge is 0.232 e. The number of anilines is 1. The van der Waals surface area contributed by atoms with Crippen LogP contribution >= 0.6 is 0 Å². The molecule has 0 radical (unpaired) electrons. The Hall–Kier alpha value is -2.61. The van der Waals surface area contributed by atoms with Gasteiger partial charge in [0.15, 0.2) is 0 Å². The lowest BCUT2D eigenvalue weighted by Gasteiger charge is -2.24. The molecular formula is C18H23N3O4S. The van der Waals surface area contributed by atoms with Gasteiger partial charge in [0, 0.05) is 31.9 Å². The number of amides is 1. The van der Waals surface area contributed by atoms with Crippen LogP contribution in [0.3, 0.4) is 0 Å². The zero-order chi connectivity index (χ0) is 19.2. The highest BCUT2D eigenvalue weighted by Gasteiger charge is 2.22. The van der Waals surface area contributed by atoms with E-state index in [0.717, 1.165) is 17.4 Å². The first-order valence-electron chi connectivity index (χ1n) is 8.09. The average molecular weight is 377 g/mol. The fourth-order valence-corrected chi connectivity index (χ4v) is 3.38. The van der Waals surface area contributed by atoms with Crippen LogP contribution in [0.15, 0.2) is 42.7 Å². The SMILES string of the molecule is COc1ccc(C)cc1N(CCC(=O)NCc1ccncc1)S(C)(=O)=O. The highest BCUT2D eigenvalue weighted by atomic mass is 32.2. The molecule has 0 saturated heterocycles. The lowest BCUT2D eigenvalue weighted by molar-refractivity contribution is -0.121. The van der Waals surface area contributed by atoms with Crippen molar-refractivity contribution in [1.29, 1.82) is 0 Å². The molecule has 2 aromatic rings. The summed E-state index contributed by atoms with van der Waals surface area (Å²) in [4.78, 5) is 16.0. The van der Waals surface area contributed by atoms with Crippen molar-refractivity contribution in [1.82, 2.24) is 10.3 Å². The summed E-state index contributed by atoms with van der Waals surface area (Å²) in [7, 11) is -2.08. The minimum Gasteiger partial charge on any atom is -0.495 e. The number of carbonyl (C=O) groups excluding carboxylic acids is 1. The maximum Gasteiger partial charge on any atom is 0.232 e. The maximum atomic E-state index is 12.2. The number of aryl methyl sites for hydroxylation is 1. The second-order valence-electron chi connectivity index (χ2n) is 5.89. The van der Waals surface area contributed by atoms with E-state index in [1.807, 2.05) is 13.0 Å². The topological polar surface area (TPSA) is 88.6 Å². The molecule has 0 aliphatic heterocycles. The van der Waals surface area contributed by atoms with Crippen molar-refractivity contribution in [2.45, 2.75) is 19.9 Å². The van der Waals surface area contributed by atoms with E-state index in [9.17, 15) is 13.2 Å². The van der Waals surface area contributed by atoms with Crippen molar-refractivity contribution in [3.05, 3.63) is 53.9 Å². The summed E-state index contributed by atoms with van der Waals surface area (Å²) >= 11 is 0. The van der Waals surface area contributed by atoms with Crippen LogP contribution in [0.2, 0.25) is 0 Å². The summed E-state index contributed by atoms with van der Waals surface area (Å²) in [5.41, 5.74) is 2.25. The first-order chi connectivity index (χ1) is 12.3. The molecule has 0 unspecified atom stereocenters. The Morgan fingerprint density at radius 3 is 2.54 bits per heavy atom. The van der Waals surface area contributed by atoms with Gasteiger partial charge >= 0.3 is 0 Å². The lowest BCUT2D eigenvalue weighted by Crippen LogP contribution is -2.34. The molecule has 0 fully saturated rings. The van der Waals surface area contributed by atoms with Gasteiger partial charge in [-0.15, -0.1) is 0 Å². The number of methoxy groups -OCH3 is 1. The quantitative estimate of drug-likeness (QED) is 0.759. The third-order valence-corrected chi connectivity index (χ3v) is 4.96. The molecule has 2 rings (SSSR count). The summed E-state index contributed by atoms with van der Waals surface area (Å²) in [6.45, 7) is 2.26. The summed E-state index contributed by atoms with van der Waals surface area (Å²) < 4.78 is 30.9. The Morgan fingerprint density at radius 2 is 1.92 bits per heavy atom. The second-order valence-corrected chi connectivity index (χ2v) is 7.80. The number of aromatic nitrogens is 1. The van der Waals surface area contributed by atoms with Gasteiger partial charge in [0.25, 0.3) is 0 Å². The van der Waals surface area contributed by atoms with E-state index in [2.05, 4.69) is 10.3 Å². The third kappa shape index (κ3) is 5.45. The molecule has 0 saturated carbocycles. The molecule has 0 aliphatic carbocycles. The number of nitrogens with zero attached hydrogens (tertiary/aromatic N) is 2. The van der Waals surface area contributed by atoms with Crippen molar-refractivity contribution in [3.63, 3.8) is 0 Å². The van der Waals surface area contributed by atoms with Gasteiger partial charge < -0.3 is 10.1 Å². The molecule has 0 aliphatic rings. The van der Waals surface area contributed by atoms with Crippen LogP contribution in [0, 0.1) is 6.92 Å². The summed E-state index contributed by atoms with van der Waals surface area (Å²) in [5, 5.41) is 2.78. The molecule has 1 aromatic heterocycles. The fraction of sp³-hybridized carbons (Fsp3) is 0.333. The Bertz CT molecular complexity index is 854. The van der Waals surface area contributed by atoms with Crippen LogP contribution < -0.4 is 14.4 Å². The predicted molar refractivity (Wildman–Crippen MR) is 101 cm³/mol. The fourth-order valence-electron chi connectivity index (χ4n) is 2.45. The minimum atomic E-state index is -3.57. The number of carbonyl (C=O) groups is 1. The molecule has 1 heterocycles. The normalized spacial score (nSPS) is 11.0. The predicted octanol–water partition coefficient (Wildman–Crippen LogP) is 1.87. The van der Waals surface area contributed by atoms with Gasteiger partial charge in [0.1, 0.15) is 5.75 Å². The molecule has 0 bridgehead atoms. The number of pyridine rings is 1. The van der Waals surface area contributed by atoms with E-state index in [0.29, 0.717) is 18.0 Å². The zero-order valence-electron chi connectivity index (χ0n) is 15.1. The highest BCUT2D eigenvalue weighted by Crippen LogP contribution is 2.31. The van der Waals surface area contributed by atoms with E-state index in [-0.39, 0.29) is 18.9 Å².